The van der Waals surface area contributed by atoms with E-state index in [4.69, 9.17) is 27.9 Å². The van der Waals surface area contributed by atoms with Crippen molar-refractivity contribution in [2.45, 2.75) is 26.2 Å². The van der Waals surface area contributed by atoms with Crippen LogP contribution in [0.4, 0.5) is 22.9 Å². The van der Waals surface area contributed by atoms with Gasteiger partial charge in [0, 0.05) is 55.7 Å². The van der Waals surface area contributed by atoms with E-state index in [1.165, 1.54) is 22.7 Å². The fraction of sp³-hybridized carbons (Fsp3) is 0.263. The SMILES string of the molecule is Cc1cnc(N2CC3(CCOCC3)C2)c(C(=O)Nc2ccc(C(=O)N3CCc4cc(C(=O)Nc5c(Cl)cccc5Cl)sc4-c4sccc43)cc2)c1. The zero-order chi connectivity index (χ0) is 35.3. The molecule has 0 atom stereocenters. The minimum Gasteiger partial charge on any atom is -0.381 e. The number of pyridine rings is 1. The quantitative estimate of drug-likeness (QED) is 0.180. The van der Waals surface area contributed by atoms with E-state index in [1.54, 1.807) is 53.6 Å². The smallest absolute Gasteiger partial charge is 0.265 e. The minimum absolute atomic E-state index is 0.140. The summed E-state index contributed by atoms with van der Waals surface area (Å²) >= 11 is 15.5. The highest BCUT2D eigenvalue weighted by Crippen LogP contribution is 2.46. The number of nitrogens with one attached hydrogen (secondary N) is 2. The topological polar surface area (TPSA) is 104 Å². The number of rotatable bonds is 6. The molecule has 2 aromatic carbocycles. The summed E-state index contributed by atoms with van der Waals surface area (Å²) in [6.45, 7) is 5.68. The summed E-state index contributed by atoms with van der Waals surface area (Å²) in [6.07, 6.45) is 4.44. The van der Waals surface area contributed by atoms with Crippen LogP contribution in [0.2, 0.25) is 10.0 Å². The van der Waals surface area contributed by atoms with E-state index in [0.717, 1.165) is 65.7 Å². The van der Waals surface area contributed by atoms with Crippen LogP contribution in [-0.2, 0) is 11.2 Å². The number of amides is 3. The van der Waals surface area contributed by atoms with Crippen LogP contribution in [0.15, 0.2) is 72.2 Å². The van der Waals surface area contributed by atoms with Gasteiger partial charge in [0.2, 0.25) is 0 Å². The molecule has 2 N–H and O–H groups in total. The van der Waals surface area contributed by atoms with Gasteiger partial charge in [-0.25, -0.2) is 4.98 Å². The van der Waals surface area contributed by atoms with Crippen LogP contribution in [-0.4, -0.2) is 55.6 Å². The van der Waals surface area contributed by atoms with Crippen molar-refractivity contribution in [1.82, 2.24) is 4.98 Å². The lowest BCUT2D eigenvalue weighted by molar-refractivity contribution is -0.000511. The van der Waals surface area contributed by atoms with Gasteiger partial charge in [0.15, 0.2) is 0 Å². The number of hydrogen-bond acceptors (Lipinski definition) is 8. The van der Waals surface area contributed by atoms with E-state index in [0.29, 0.717) is 56.2 Å². The van der Waals surface area contributed by atoms with E-state index in [-0.39, 0.29) is 23.1 Å². The van der Waals surface area contributed by atoms with Crippen LogP contribution in [0.1, 0.15) is 54.4 Å². The number of anilines is 4. The number of carbonyl (C=O) groups is 3. The molecule has 3 aliphatic heterocycles. The molecule has 0 radical (unpaired) electrons. The molecule has 1 spiro atoms. The molecule has 51 heavy (non-hydrogen) atoms. The van der Waals surface area contributed by atoms with Crippen molar-refractivity contribution in [2.24, 2.45) is 5.41 Å². The molecule has 3 aliphatic rings. The molecule has 8 rings (SSSR count). The number of ether oxygens (including phenoxy) is 1. The summed E-state index contributed by atoms with van der Waals surface area (Å²) < 4.78 is 5.56. The molecule has 260 valence electrons. The van der Waals surface area contributed by atoms with Gasteiger partial charge >= 0.3 is 0 Å². The van der Waals surface area contributed by atoms with Crippen molar-refractivity contribution in [3.05, 3.63) is 109 Å². The van der Waals surface area contributed by atoms with Gasteiger partial charge in [-0.3, -0.25) is 14.4 Å². The van der Waals surface area contributed by atoms with Crippen LogP contribution < -0.4 is 20.4 Å². The fourth-order valence-electron chi connectivity index (χ4n) is 7.02. The third-order valence-corrected chi connectivity index (χ3v) is 12.6. The second-order valence-electron chi connectivity index (χ2n) is 13.2. The normalized spacial score (nSPS) is 16.1. The molecule has 3 amide bonds. The van der Waals surface area contributed by atoms with Crippen molar-refractivity contribution < 1.29 is 19.1 Å². The third-order valence-electron chi connectivity index (χ3n) is 9.77. The predicted octanol–water partition coefficient (Wildman–Crippen LogP) is 8.81. The monoisotopic (exact) mass is 757 g/mol. The number of nitrogens with zero attached hydrogens (tertiary/aromatic N) is 3. The van der Waals surface area contributed by atoms with E-state index >= 15 is 0 Å². The molecule has 6 heterocycles. The maximum atomic E-state index is 13.9. The summed E-state index contributed by atoms with van der Waals surface area (Å²) in [5.74, 6) is 0.0258. The first-order valence-electron chi connectivity index (χ1n) is 16.7. The lowest BCUT2D eigenvalue weighted by Gasteiger charge is -2.53. The number of aromatic nitrogens is 1. The number of aryl methyl sites for hydroxylation is 1. The van der Waals surface area contributed by atoms with E-state index in [2.05, 4.69) is 20.5 Å². The predicted molar refractivity (Wildman–Crippen MR) is 205 cm³/mol. The molecular formula is C38H33Cl2N5O4S2. The lowest BCUT2D eigenvalue weighted by atomic mass is 9.73. The summed E-state index contributed by atoms with van der Waals surface area (Å²) in [7, 11) is 0. The Morgan fingerprint density at radius 2 is 1.67 bits per heavy atom. The van der Waals surface area contributed by atoms with Crippen molar-refractivity contribution in [3.63, 3.8) is 0 Å². The van der Waals surface area contributed by atoms with Crippen LogP contribution in [0.25, 0.3) is 9.75 Å². The number of benzene rings is 2. The highest BCUT2D eigenvalue weighted by Gasteiger charge is 2.45. The van der Waals surface area contributed by atoms with Crippen molar-refractivity contribution in [1.29, 1.82) is 0 Å². The number of para-hydroxylation sites is 1. The molecular weight excluding hydrogens is 725 g/mol. The number of halogens is 2. The summed E-state index contributed by atoms with van der Waals surface area (Å²) in [5, 5.41) is 8.55. The second-order valence-corrected chi connectivity index (χ2v) is 16.0. The summed E-state index contributed by atoms with van der Waals surface area (Å²) in [4.78, 5) is 51.8. The standard InChI is InChI=1S/C38H33Cl2N5O4S2/c1-22-17-26(34(41-19-22)44-20-38(21-44)11-14-49-15-12-38)35(46)42-25-7-5-23(6-8-25)37(48)45-13-9-24-18-30(51-32(24)33-29(45)10-16-50-33)36(47)43-31-27(39)3-2-4-28(31)40/h2-8,10,16-19H,9,11-15,20-21H2,1H3,(H,42,46)(H,43,47). The van der Waals surface area contributed by atoms with Gasteiger partial charge in [-0.2, -0.15) is 0 Å². The van der Waals surface area contributed by atoms with Crippen molar-refractivity contribution in [2.75, 3.05) is 53.3 Å². The van der Waals surface area contributed by atoms with Crippen molar-refractivity contribution in [3.8, 4) is 9.75 Å². The maximum Gasteiger partial charge on any atom is 0.265 e. The van der Waals surface area contributed by atoms with E-state index in [9.17, 15) is 14.4 Å². The van der Waals surface area contributed by atoms with Crippen LogP contribution in [0, 0.1) is 12.3 Å². The first-order valence-corrected chi connectivity index (χ1v) is 19.1. The van der Waals surface area contributed by atoms with E-state index < -0.39 is 0 Å². The first-order chi connectivity index (χ1) is 24.7. The molecule has 5 aromatic rings. The van der Waals surface area contributed by atoms with Gasteiger partial charge in [0.1, 0.15) is 5.82 Å². The molecule has 13 heteroatoms. The molecule has 2 saturated heterocycles. The average Bonchev–Trinajstić information content (AvgIpc) is 3.74. The molecule has 2 fully saturated rings. The van der Waals surface area contributed by atoms with Crippen molar-refractivity contribution >= 4 is 86.5 Å². The largest absolute Gasteiger partial charge is 0.381 e. The van der Waals surface area contributed by atoms with Crippen LogP contribution >= 0.6 is 45.9 Å². The Bertz CT molecular complexity index is 2150. The molecule has 0 bridgehead atoms. The third kappa shape index (κ3) is 6.53. The Morgan fingerprint density at radius 3 is 2.41 bits per heavy atom. The van der Waals surface area contributed by atoms with Gasteiger partial charge in [-0.1, -0.05) is 29.3 Å². The van der Waals surface area contributed by atoms with Gasteiger partial charge in [-0.15, -0.1) is 22.7 Å². The Hall–Kier alpha value is -4.26. The second kappa shape index (κ2) is 13.7. The fourth-order valence-corrected chi connectivity index (χ4v) is 9.71. The highest BCUT2D eigenvalue weighted by molar-refractivity contribution is 7.23. The van der Waals surface area contributed by atoms with Gasteiger partial charge < -0.3 is 25.2 Å². The number of hydrogen-bond donors (Lipinski definition) is 2. The Labute approximate surface area is 313 Å². The summed E-state index contributed by atoms with van der Waals surface area (Å²) in [5.41, 5.74) is 4.96. The Morgan fingerprint density at radius 1 is 0.922 bits per heavy atom. The van der Waals surface area contributed by atoms with Gasteiger partial charge in [0.05, 0.1) is 41.6 Å². The Balaban J connectivity index is 0.960. The van der Waals surface area contributed by atoms with Crippen LogP contribution in [0.5, 0.6) is 0 Å². The summed E-state index contributed by atoms with van der Waals surface area (Å²) in [6, 6.07) is 17.8. The van der Waals surface area contributed by atoms with Gasteiger partial charge in [-0.05, 0) is 97.3 Å². The minimum atomic E-state index is -0.292. The highest BCUT2D eigenvalue weighted by atomic mass is 35.5. The number of carbonyl (C=O) groups excluding carboxylic acids is 3. The zero-order valence-corrected chi connectivity index (χ0v) is 30.8. The molecule has 0 unspecified atom stereocenters. The van der Waals surface area contributed by atoms with E-state index in [1.807, 2.05) is 30.5 Å². The average molecular weight is 759 g/mol. The number of thiophene rings is 2. The molecule has 0 saturated carbocycles. The molecule has 3 aromatic heterocycles. The molecule has 9 nitrogen and oxygen atoms in total. The molecule has 0 aliphatic carbocycles. The van der Waals surface area contributed by atoms with Gasteiger partial charge in [0.25, 0.3) is 17.7 Å². The zero-order valence-electron chi connectivity index (χ0n) is 27.6. The first kappa shape index (κ1) is 33.9. The lowest BCUT2D eigenvalue weighted by Crippen LogP contribution is -2.59. The van der Waals surface area contributed by atoms with Crippen LogP contribution in [0.3, 0.4) is 0 Å². The number of fused-ring (bicyclic) bond motifs is 3. The Kier molecular flexibility index (Phi) is 9.10. The maximum absolute atomic E-state index is 13.9.